The van der Waals surface area contributed by atoms with E-state index in [1.165, 1.54) is 5.56 Å². The molecule has 0 aliphatic rings. The SMILES string of the molecule is CCN(Cc1ccco1)c1ccc(CC(C)N)cn1. The fourth-order valence-electron chi connectivity index (χ4n) is 2.04. The van der Waals surface area contributed by atoms with Crippen LogP contribution in [0.5, 0.6) is 0 Å². The minimum absolute atomic E-state index is 0.165. The fourth-order valence-corrected chi connectivity index (χ4v) is 2.04. The lowest BCUT2D eigenvalue weighted by Gasteiger charge is -2.21. The molecular weight excluding hydrogens is 238 g/mol. The molecule has 4 heteroatoms. The van der Waals surface area contributed by atoms with Gasteiger partial charge >= 0.3 is 0 Å². The van der Waals surface area contributed by atoms with Gasteiger partial charge in [-0.05, 0) is 44.0 Å². The summed E-state index contributed by atoms with van der Waals surface area (Å²) in [7, 11) is 0. The highest BCUT2D eigenvalue weighted by atomic mass is 16.3. The predicted molar refractivity (Wildman–Crippen MR) is 77.0 cm³/mol. The summed E-state index contributed by atoms with van der Waals surface area (Å²) in [5.74, 6) is 1.91. The molecular formula is C15H21N3O. The van der Waals surface area contributed by atoms with Gasteiger partial charge in [0.05, 0.1) is 12.8 Å². The van der Waals surface area contributed by atoms with Gasteiger partial charge in [-0.2, -0.15) is 0 Å². The molecule has 2 aromatic heterocycles. The topological polar surface area (TPSA) is 55.3 Å². The zero-order chi connectivity index (χ0) is 13.7. The molecule has 2 N–H and O–H groups in total. The van der Waals surface area contributed by atoms with Gasteiger partial charge in [0.1, 0.15) is 11.6 Å². The summed E-state index contributed by atoms with van der Waals surface area (Å²) in [5.41, 5.74) is 6.96. The largest absolute Gasteiger partial charge is 0.467 e. The Labute approximate surface area is 114 Å². The van der Waals surface area contributed by atoms with Crippen LogP contribution in [-0.4, -0.2) is 17.6 Å². The number of nitrogens with zero attached hydrogens (tertiary/aromatic N) is 2. The summed E-state index contributed by atoms with van der Waals surface area (Å²) in [6.45, 7) is 5.74. The summed E-state index contributed by atoms with van der Waals surface area (Å²) >= 11 is 0. The minimum atomic E-state index is 0.165. The normalized spacial score (nSPS) is 12.4. The highest BCUT2D eigenvalue weighted by Gasteiger charge is 2.08. The molecule has 0 saturated heterocycles. The molecule has 19 heavy (non-hydrogen) atoms. The predicted octanol–water partition coefficient (Wildman–Crippen LogP) is 2.59. The molecule has 102 valence electrons. The first kappa shape index (κ1) is 13.6. The van der Waals surface area contributed by atoms with E-state index in [0.717, 1.165) is 31.1 Å². The second-order valence-electron chi connectivity index (χ2n) is 4.80. The Hall–Kier alpha value is -1.81. The zero-order valence-electron chi connectivity index (χ0n) is 11.5. The first-order valence-corrected chi connectivity index (χ1v) is 6.67. The zero-order valence-corrected chi connectivity index (χ0v) is 11.5. The Morgan fingerprint density at radius 2 is 2.21 bits per heavy atom. The van der Waals surface area contributed by atoms with Crippen molar-refractivity contribution in [3.05, 3.63) is 48.0 Å². The van der Waals surface area contributed by atoms with Crippen molar-refractivity contribution in [2.75, 3.05) is 11.4 Å². The van der Waals surface area contributed by atoms with Crippen LogP contribution in [0.4, 0.5) is 5.82 Å². The molecule has 1 atom stereocenters. The van der Waals surface area contributed by atoms with Gasteiger partial charge in [-0.3, -0.25) is 0 Å². The highest BCUT2D eigenvalue weighted by molar-refractivity contribution is 5.39. The maximum Gasteiger partial charge on any atom is 0.128 e. The number of aromatic nitrogens is 1. The lowest BCUT2D eigenvalue weighted by Crippen LogP contribution is -2.23. The van der Waals surface area contributed by atoms with Crippen molar-refractivity contribution in [3.8, 4) is 0 Å². The standard InChI is InChI=1S/C15H21N3O/c1-3-18(11-14-5-4-8-19-14)15-7-6-13(10-17-15)9-12(2)16/h4-8,10,12H,3,9,11,16H2,1-2H3. The lowest BCUT2D eigenvalue weighted by atomic mass is 10.1. The summed E-state index contributed by atoms with van der Waals surface area (Å²) in [6, 6.07) is 8.19. The second kappa shape index (κ2) is 6.38. The molecule has 2 aromatic rings. The number of hydrogen-bond donors (Lipinski definition) is 1. The van der Waals surface area contributed by atoms with E-state index >= 15 is 0 Å². The summed E-state index contributed by atoms with van der Waals surface area (Å²) < 4.78 is 5.38. The van der Waals surface area contributed by atoms with Crippen LogP contribution in [0.25, 0.3) is 0 Å². The third kappa shape index (κ3) is 3.83. The minimum Gasteiger partial charge on any atom is -0.467 e. The monoisotopic (exact) mass is 259 g/mol. The molecule has 0 amide bonds. The van der Waals surface area contributed by atoms with Gasteiger partial charge in [0.25, 0.3) is 0 Å². The molecule has 0 aliphatic heterocycles. The smallest absolute Gasteiger partial charge is 0.128 e. The molecule has 4 nitrogen and oxygen atoms in total. The summed E-state index contributed by atoms with van der Waals surface area (Å²) in [4.78, 5) is 6.69. The Bertz CT molecular complexity index is 477. The molecule has 1 unspecified atom stereocenters. The van der Waals surface area contributed by atoms with Gasteiger partial charge in [-0.25, -0.2) is 4.98 Å². The number of nitrogens with two attached hydrogens (primary N) is 1. The molecule has 2 heterocycles. The van der Waals surface area contributed by atoms with E-state index in [1.54, 1.807) is 6.26 Å². The van der Waals surface area contributed by atoms with Crippen LogP contribution in [0.3, 0.4) is 0 Å². The van der Waals surface area contributed by atoms with E-state index in [1.807, 2.05) is 31.3 Å². The number of hydrogen-bond acceptors (Lipinski definition) is 4. The third-order valence-corrected chi connectivity index (χ3v) is 3.00. The molecule has 0 fully saturated rings. The van der Waals surface area contributed by atoms with E-state index in [9.17, 15) is 0 Å². The molecule has 0 saturated carbocycles. The average Bonchev–Trinajstić information content (AvgIpc) is 2.89. The maximum atomic E-state index is 5.79. The van der Waals surface area contributed by atoms with Gasteiger partial charge < -0.3 is 15.1 Å². The molecule has 0 aromatic carbocycles. The molecule has 2 rings (SSSR count). The lowest BCUT2D eigenvalue weighted by molar-refractivity contribution is 0.503. The molecule has 0 spiro atoms. The quantitative estimate of drug-likeness (QED) is 0.866. The van der Waals surface area contributed by atoms with Crippen LogP contribution in [0.15, 0.2) is 41.1 Å². The Morgan fingerprint density at radius 1 is 1.37 bits per heavy atom. The van der Waals surface area contributed by atoms with Crippen molar-refractivity contribution in [2.45, 2.75) is 32.9 Å². The number of furan rings is 1. The van der Waals surface area contributed by atoms with Crippen LogP contribution in [0.2, 0.25) is 0 Å². The Morgan fingerprint density at radius 3 is 2.74 bits per heavy atom. The average molecular weight is 259 g/mol. The third-order valence-electron chi connectivity index (χ3n) is 3.00. The van der Waals surface area contributed by atoms with E-state index < -0.39 is 0 Å². The van der Waals surface area contributed by atoms with E-state index in [0.29, 0.717) is 0 Å². The van der Waals surface area contributed by atoms with Crippen LogP contribution in [-0.2, 0) is 13.0 Å². The number of rotatable bonds is 6. The second-order valence-corrected chi connectivity index (χ2v) is 4.80. The van der Waals surface area contributed by atoms with Crippen molar-refractivity contribution in [2.24, 2.45) is 5.73 Å². The van der Waals surface area contributed by atoms with Gasteiger partial charge in [0.15, 0.2) is 0 Å². The fraction of sp³-hybridized carbons (Fsp3) is 0.400. The maximum absolute atomic E-state index is 5.79. The molecule has 0 bridgehead atoms. The highest BCUT2D eigenvalue weighted by Crippen LogP contribution is 2.15. The van der Waals surface area contributed by atoms with E-state index in [4.69, 9.17) is 10.2 Å². The number of pyridine rings is 1. The number of anilines is 1. The van der Waals surface area contributed by atoms with Crippen molar-refractivity contribution in [1.29, 1.82) is 0 Å². The van der Waals surface area contributed by atoms with Crippen LogP contribution >= 0.6 is 0 Å². The van der Waals surface area contributed by atoms with E-state index in [2.05, 4.69) is 22.9 Å². The van der Waals surface area contributed by atoms with Crippen molar-refractivity contribution < 1.29 is 4.42 Å². The van der Waals surface area contributed by atoms with Gasteiger partial charge in [0, 0.05) is 18.8 Å². The van der Waals surface area contributed by atoms with Crippen LogP contribution in [0, 0.1) is 0 Å². The van der Waals surface area contributed by atoms with Crippen molar-refractivity contribution >= 4 is 5.82 Å². The Kier molecular flexibility index (Phi) is 4.58. The Balaban J connectivity index is 2.06. The van der Waals surface area contributed by atoms with Crippen molar-refractivity contribution in [3.63, 3.8) is 0 Å². The summed E-state index contributed by atoms with van der Waals surface area (Å²) in [6.07, 6.45) is 4.46. The van der Waals surface area contributed by atoms with E-state index in [-0.39, 0.29) is 6.04 Å². The first-order chi connectivity index (χ1) is 9.19. The van der Waals surface area contributed by atoms with Crippen LogP contribution < -0.4 is 10.6 Å². The van der Waals surface area contributed by atoms with Gasteiger partial charge in [-0.15, -0.1) is 0 Å². The molecule has 0 radical (unpaired) electrons. The van der Waals surface area contributed by atoms with Gasteiger partial charge in [0.2, 0.25) is 0 Å². The summed E-state index contributed by atoms with van der Waals surface area (Å²) in [5, 5.41) is 0. The van der Waals surface area contributed by atoms with Gasteiger partial charge in [-0.1, -0.05) is 6.07 Å². The first-order valence-electron chi connectivity index (χ1n) is 6.67. The molecule has 0 aliphatic carbocycles. The van der Waals surface area contributed by atoms with Crippen LogP contribution in [0.1, 0.15) is 25.2 Å². The van der Waals surface area contributed by atoms with Crippen molar-refractivity contribution in [1.82, 2.24) is 4.98 Å².